The molecule has 0 aliphatic carbocycles. The number of hydrogen-bond acceptors (Lipinski definition) is 6. The van der Waals surface area contributed by atoms with Crippen molar-refractivity contribution in [1.29, 1.82) is 0 Å². The van der Waals surface area contributed by atoms with Crippen molar-refractivity contribution >= 4 is 11.9 Å². The van der Waals surface area contributed by atoms with Crippen molar-refractivity contribution in [2.45, 2.75) is 65.9 Å². The van der Waals surface area contributed by atoms with E-state index < -0.39 is 11.6 Å². The molecule has 0 amide bonds. The normalized spacial score (nSPS) is 12.7. The first kappa shape index (κ1) is 22.9. The molecule has 6 heteroatoms. The van der Waals surface area contributed by atoms with Crippen molar-refractivity contribution < 1.29 is 28.5 Å². The highest BCUT2D eigenvalue weighted by molar-refractivity contribution is 5.72. The van der Waals surface area contributed by atoms with Crippen LogP contribution in [0.4, 0.5) is 0 Å². The van der Waals surface area contributed by atoms with Crippen molar-refractivity contribution in [2.24, 2.45) is 5.92 Å². The van der Waals surface area contributed by atoms with E-state index in [1.54, 1.807) is 20.8 Å². The van der Waals surface area contributed by atoms with Crippen LogP contribution in [0.2, 0.25) is 0 Å². The highest BCUT2D eigenvalue weighted by atomic mass is 16.6. The van der Waals surface area contributed by atoms with Crippen LogP contribution < -0.4 is 0 Å². The number of esters is 2. The molecular formula is C18H34O6. The lowest BCUT2D eigenvalue weighted by molar-refractivity contribution is -0.161. The number of carbonyl (C=O) groups is 2. The molecule has 0 rings (SSSR count). The molecule has 0 radical (unpaired) electrons. The van der Waals surface area contributed by atoms with Crippen LogP contribution in [0.1, 0.15) is 60.3 Å². The summed E-state index contributed by atoms with van der Waals surface area (Å²) < 4.78 is 20.8. The van der Waals surface area contributed by atoms with Crippen LogP contribution in [0.15, 0.2) is 0 Å². The monoisotopic (exact) mass is 346 g/mol. The predicted octanol–water partition coefficient (Wildman–Crippen LogP) is 3.12. The lowest BCUT2D eigenvalue weighted by atomic mass is 10.00. The minimum atomic E-state index is -0.506. The van der Waals surface area contributed by atoms with E-state index in [9.17, 15) is 9.59 Å². The van der Waals surface area contributed by atoms with E-state index in [1.165, 1.54) is 0 Å². The summed E-state index contributed by atoms with van der Waals surface area (Å²) in [6, 6.07) is 0. The van der Waals surface area contributed by atoms with E-state index >= 15 is 0 Å². The Morgan fingerprint density at radius 3 is 2.17 bits per heavy atom. The van der Waals surface area contributed by atoms with Crippen molar-refractivity contribution in [1.82, 2.24) is 0 Å². The van der Waals surface area contributed by atoms with Crippen LogP contribution in [0, 0.1) is 5.92 Å². The van der Waals surface area contributed by atoms with E-state index in [0.29, 0.717) is 19.8 Å². The van der Waals surface area contributed by atoms with Gasteiger partial charge in [-0.3, -0.25) is 4.79 Å². The first-order chi connectivity index (χ1) is 11.3. The van der Waals surface area contributed by atoms with Gasteiger partial charge in [-0.15, -0.1) is 0 Å². The van der Waals surface area contributed by atoms with Gasteiger partial charge < -0.3 is 18.9 Å². The van der Waals surface area contributed by atoms with Gasteiger partial charge in [0.15, 0.2) is 0 Å². The molecule has 142 valence electrons. The Morgan fingerprint density at radius 1 is 0.958 bits per heavy atom. The fourth-order valence-electron chi connectivity index (χ4n) is 2.00. The molecule has 6 nitrogen and oxygen atoms in total. The number of hydrogen-bond donors (Lipinski definition) is 0. The molecule has 0 aliphatic heterocycles. The summed E-state index contributed by atoms with van der Waals surface area (Å²) in [6.07, 6.45) is 3.80. The van der Waals surface area contributed by atoms with Crippen molar-refractivity contribution in [3.05, 3.63) is 0 Å². The van der Waals surface area contributed by atoms with E-state index in [4.69, 9.17) is 18.9 Å². The quantitative estimate of drug-likeness (QED) is 0.377. The van der Waals surface area contributed by atoms with E-state index in [2.05, 4.69) is 6.92 Å². The summed E-state index contributed by atoms with van der Waals surface area (Å²) in [5, 5.41) is 0. The summed E-state index contributed by atoms with van der Waals surface area (Å²) >= 11 is 0. The first-order valence-electron chi connectivity index (χ1n) is 8.84. The molecule has 0 bridgehead atoms. The second kappa shape index (κ2) is 13.2. The Bertz CT molecular complexity index is 348. The van der Waals surface area contributed by atoms with E-state index in [1.807, 2.05) is 6.92 Å². The predicted molar refractivity (Wildman–Crippen MR) is 91.7 cm³/mol. The summed E-state index contributed by atoms with van der Waals surface area (Å²) in [4.78, 5) is 23.2. The topological polar surface area (TPSA) is 71.1 Å². The fourth-order valence-corrected chi connectivity index (χ4v) is 2.00. The minimum Gasteiger partial charge on any atom is -0.463 e. The lowest BCUT2D eigenvalue weighted by Gasteiger charge is -2.19. The highest BCUT2D eigenvalue weighted by Gasteiger charge is 2.17. The summed E-state index contributed by atoms with van der Waals surface area (Å²) in [5.41, 5.74) is -0.506. The van der Waals surface area contributed by atoms with Gasteiger partial charge in [0, 0.05) is 0 Å². The zero-order valence-electron chi connectivity index (χ0n) is 15.9. The third-order valence-electron chi connectivity index (χ3n) is 3.22. The van der Waals surface area contributed by atoms with Gasteiger partial charge in [-0.05, 0) is 33.6 Å². The lowest BCUT2D eigenvalue weighted by Crippen LogP contribution is -2.27. The largest absolute Gasteiger partial charge is 0.463 e. The van der Waals surface area contributed by atoms with Crippen LogP contribution in [0.5, 0.6) is 0 Å². The van der Waals surface area contributed by atoms with Gasteiger partial charge in [0.25, 0.3) is 0 Å². The Balaban J connectivity index is 3.56. The molecule has 0 aromatic heterocycles. The van der Waals surface area contributed by atoms with Crippen molar-refractivity contribution in [3.63, 3.8) is 0 Å². The SMILES string of the molecule is CCCCC(CC)C(=O)OCCOCCOCC(=O)OC(C)(C)C. The number of ether oxygens (including phenoxy) is 4. The van der Waals surface area contributed by atoms with E-state index in [0.717, 1.165) is 25.7 Å². The molecular weight excluding hydrogens is 312 g/mol. The molecule has 0 saturated carbocycles. The molecule has 0 heterocycles. The zero-order valence-corrected chi connectivity index (χ0v) is 15.9. The summed E-state index contributed by atoms with van der Waals surface area (Å²) in [5.74, 6) is -0.549. The fraction of sp³-hybridized carbons (Fsp3) is 0.889. The average Bonchev–Trinajstić information content (AvgIpc) is 2.48. The summed E-state index contributed by atoms with van der Waals surface area (Å²) in [6.45, 7) is 10.6. The maximum absolute atomic E-state index is 11.9. The second-order valence-electron chi connectivity index (χ2n) is 6.67. The number of carbonyl (C=O) groups excluding carboxylic acids is 2. The smallest absolute Gasteiger partial charge is 0.332 e. The molecule has 0 N–H and O–H groups in total. The van der Waals surface area contributed by atoms with Crippen LogP contribution >= 0.6 is 0 Å². The van der Waals surface area contributed by atoms with Crippen molar-refractivity contribution in [3.8, 4) is 0 Å². The summed E-state index contributed by atoms with van der Waals surface area (Å²) in [7, 11) is 0. The first-order valence-corrected chi connectivity index (χ1v) is 8.84. The number of rotatable bonds is 13. The highest BCUT2D eigenvalue weighted by Crippen LogP contribution is 2.14. The molecule has 1 unspecified atom stereocenters. The molecule has 0 aromatic rings. The van der Waals surface area contributed by atoms with Gasteiger partial charge in [0.2, 0.25) is 0 Å². The Hall–Kier alpha value is -1.14. The van der Waals surface area contributed by atoms with Crippen LogP contribution in [-0.4, -0.2) is 50.6 Å². The van der Waals surface area contributed by atoms with E-state index in [-0.39, 0.29) is 25.1 Å². The van der Waals surface area contributed by atoms with Gasteiger partial charge >= 0.3 is 11.9 Å². The molecule has 24 heavy (non-hydrogen) atoms. The van der Waals surface area contributed by atoms with Gasteiger partial charge in [-0.25, -0.2) is 4.79 Å². The minimum absolute atomic E-state index is 0.0119. The van der Waals surface area contributed by atoms with Gasteiger partial charge in [0.05, 0.1) is 25.7 Å². The third kappa shape index (κ3) is 13.3. The zero-order chi connectivity index (χ0) is 18.4. The number of unbranched alkanes of at least 4 members (excludes halogenated alkanes) is 1. The molecule has 1 atom stereocenters. The van der Waals surface area contributed by atoms with Crippen LogP contribution in [0.25, 0.3) is 0 Å². The third-order valence-corrected chi connectivity index (χ3v) is 3.22. The Morgan fingerprint density at radius 2 is 1.58 bits per heavy atom. The van der Waals surface area contributed by atoms with Crippen molar-refractivity contribution in [2.75, 3.05) is 33.0 Å². The van der Waals surface area contributed by atoms with Crippen LogP contribution in [0.3, 0.4) is 0 Å². The standard InChI is InChI=1S/C18H34O6/c1-6-8-9-15(7-2)17(20)23-13-12-21-10-11-22-14-16(19)24-18(3,4)5/h15H,6-14H2,1-5H3. The molecule has 0 spiro atoms. The van der Waals surface area contributed by atoms with Gasteiger partial charge in [-0.2, -0.15) is 0 Å². The molecule has 0 fully saturated rings. The molecule has 0 aliphatic rings. The maximum Gasteiger partial charge on any atom is 0.332 e. The van der Waals surface area contributed by atoms with Gasteiger partial charge in [0.1, 0.15) is 18.8 Å². The molecule has 0 aromatic carbocycles. The van der Waals surface area contributed by atoms with Gasteiger partial charge in [-0.1, -0.05) is 26.7 Å². The average molecular weight is 346 g/mol. The Labute approximate surface area is 146 Å². The second-order valence-corrected chi connectivity index (χ2v) is 6.67. The Kier molecular flexibility index (Phi) is 12.6. The maximum atomic E-state index is 11.9. The molecule has 0 saturated heterocycles. The van der Waals surface area contributed by atoms with Crippen LogP contribution in [-0.2, 0) is 28.5 Å².